The van der Waals surface area contributed by atoms with Gasteiger partial charge in [-0.15, -0.1) is 9.24 Å². The summed E-state index contributed by atoms with van der Waals surface area (Å²) in [6, 6.07) is 1.77. The van der Waals surface area contributed by atoms with Gasteiger partial charge in [-0.25, -0.2) is 0 Å². The first-order chi connectivity index (χ1) is 13.1. The number of aliphatic hydroxyl groups excluding tert-OH is 1. The molecule has 0 saturated heterocycles. The Morgan fingerprint density at radius 2 is 1.71 bits per heavy atom. The molecule has 7 heteroatoms. The second-order valence-electron chi connectivity index (χ2n) is 5.52. The van der Waals surface area contributed by atoms with Crippen LogP contribution in [-0.4, -0.2) is 27.7 Å². The summed E-state index contributed by atoms with van der Waals surface area (Å²) in [5.41, 5.74) is 2.20. The van der Waals surface area contributed by atoms with Crippen molar-refractivity contribution >= 4 is 20.2 Å². The van der Waals surface area contributed by atoms with Crippen molar-refractivity contribution in [3.8, 4) is 0 Å². The summed E-state index contributed by atoms with van der Waals surface area (Å²) in [5, 5.41) is 9.94. The molecular weight excluding hydrogens is 384 g/mol. The van der Waals surface area contributed by atoms with Gasteiger partial charge in [0.25, 0.3) is 0 Å². The van der Waals surface area contributed by atoms with Gasteiger partial charge in [-0.05, 0) is 49.7 Å². The van der Waals surface area contributed by atoms with Crippen molar-refractivity contribution in [3.05, 3.63) is 40.9 Å². The molecule has 0 saturated carbocycles. The van der Waals surface area contributed by atoms with Gasteiger partial charge in [-0.2, -0.15) is 13.2 Å². The lowest BCUT2D eigenvalue weighted by Gasteiger charge is -2.26. The van der Waals surface area contributed by atoms with Crippen LogP contribution in [0, 0.1) is 0 Å². The number of allylic oxidation sites excluding steroid dienone is 2. The van der Waals surface area contributed by atoms with Gasteiger partial charge >= 0.3 is 6.18 Å². The first kappa shape index (κ1) is 28.8. The Morgan fingerprint density at radius 1 is 1.18 bits per heavy atom. The van der Waals surface area contributed by atoms with E-state index < -0.39 is 11.7 Å². The van der Waals surface area contributed by atoms with Crippen LogP contribution in [0.3, 0.4) is 0 Å². The summed E-state index contributed by atoms with van der Waals surface area (Å²) >= 11 is 0. The molecule has 0 aliphatic rings. The Labute approximate surface area is 171 Å². The van der Waals surface area contributed by atoms with Crippen LogP contribution >= 0.6 is 9.24 Å². The third-order valence-electron chi connectivity index (χ3n) is 3.74. The van der Waals surface area contributed by atoms with Crippen molar-refractivity contribution in [2.45, 2.75) is 74.6 Å². The molecule has 162 valence electrons. The molecule has 0 bridgehead atoms. The average molecular weight is 421 g/mol. The zero-order chi connectivity index (χ0) is 22.5. The normalized spacial score (nSPS) is 12.2. The zero-order valence-corrected chi connectivity index (χ0v) is 19.6. The summed E-state index contributed by atoms with van der Waals surface area (Å²) in [5.74, 6) is 0. The number of aliphatic hydroxyl groups is 1. The number of alkyl halides is 3. The number of nitrogens with zero attached hydrogens (tertiary/aromatic N) is 2. The third-order valence-corrected chi connectivity index (χ3v) is 4.18. The summed E-state index contributed by atoms with van der Waals surface area (Å²) in [6.45, 7) is 15.0. The predicted molar refractivity (Wildman–Crippen MR) is 117 cm³/mol. The predicted octanol–water partition coefficient (Wildman–Crippen LogP) is 6.06. The molecule has 0 amide bonds. The fourth-order valence-electron chi connectivity index (χ4n) is 2.18. The molecule has 28 heavy (non-hydrogen) atoms. The lowest BCUT2D eigenvalue weighted by atomic mass is 10.1. The highest BCUT2D eigenvalue weighted by Gasteiger charge is 2.31. The number of halogens is 3. The molecule has 1 unspecified atom stereocenters. The van der Waals surface area contributed by atoms with E-state index in [1.165, 1.54) is 0 Å². The van der Waals surface area contributed by atoms with Crippen molar-refractivity contribution in [1.82, 2.24) is 9.88 Å². The minimum Gasteiger partial charge on any atom is -0.392 e. The molecule has 1 aromatic heterocycles. The van der Waals surface area contributed by atoms with Crippen LogP contribution < -0.4 is 5.30 Å². The Hall–Kier alpha value is -1.39. The van der Waals surface area contributed by atoms with Crippen molar-refractivity contribution in [3.63, 3.8) is 0 Å². The van der Waals surface area contributed by atoms with E-state index in [0.717, 1.165) is 24.0 Å². The zero-order valence-electron chi connectivity index (χ0n) is 18.4. The van der Waals surface area contributed by atoms with E-state index in [2.05, 4.69) is 14.2 Å². The topological polar surface area (TPSA) is 36.4 Å². The average Bonchev–Trinajstić information content (AvgIpc) is 2.70. The minimum atomic E-state index is -4.36. The number of hydrogen-bond donors (Lipinski definition) is 1. The fourth-order valence-corrected chi connectivity index (χ4v) is 2.61. The van der Waals surface area contributed by atoms with E-state index >= 15 is 0 Å². The molecule has 0 spiro atoms. The molecule has 3 nitrogen and oxygen atoms in total. The number of rotatable bonds is 6. The maximum absolute atomic E-state index is 12.9. The van der Waals surface area contributed by atoms with Crippen molar-refractivity contribution in [2.75, 3.05) is 6.54 Å². The Balaban J connectivity index is 0. The van der Waals surface area contributed by atoms with E-state index in [9.17, 15) is 18.3 Å². The molecule has 0 aromatic carbocycles. The summed E-state index contributed by atoms with van der Waals surface area (Å²) in [6.07, 6.45) is -1.00. The number of hydrogen-bond acceptors (Lipinski definition) is 3. The number of pyridine rings is 1. The Bertz CT molecular complexity index is 641. The molecule has 1 atom stereocenters. The van der Waals surface area contributed by atoms with Gasteiger partial charge in [0.15, 0.2) is 0 Å². The third kappa shape index (κ3) is 8.74. The second-order valence-corrected chi connectivity index (χ2v) is 6.14. The van der Waals surface area contributed by atoms with Gasteiger partial charge in [-0.1, -0.05) is 34.6 Å². The highest BCUT2D eigenvalue weighted by atomic mass is 31.0. The van der Waals surface area contributed by atoms with Crippen LogP contribution in [0.25, 0.3) is 5.70 Å². The second kappa shape index (κ2) is 14.6. The maximum Gasteiger partial charge on any atom is 0.413 e. The SMILES string of the molecule is CC.CC.CCC(C)=C(c1ncc(CO)cc1P)N(/C=C(\C)C(F)(F)F)CC. The smallest absolute Gasteiger partial charge is 0.392 e. The molecule has 0 fully saturated rings. The van der Waals surface area contributed by atoms with Gasteiger partial charge in [0.2, 0.25) is 0 Å². The van der Waals surface area contributed by atoms with Gasteiger partial charge in [0.1, 0.15) is 0 Å². The van der Waals surface area contributed by atoms with Crippen molar-refractivity contribution in [2.24, 2.45) is 0 Å². The summed E-state index contributed by atoms with van der Waals surface area (Å²) in [4.78, 5) is 5.95. The molecule has 0 aliphatic heterocycles. The highest BCUT2D eigenvalue weighted by Crippen LogP contribution is 2.29. The molecule has 0 aliphatic carbocycles. The molecular formula is C21H36F3N2OP. The van der Waals surface area contributed by atoms with Crippen molar-refractivity contribution in [1.29, 1.82) is 0 Å². The van der Waals surface area contributed by atoms with E-state index in [4.69, 9.17) is 0 Å². The van der Waals surface area contributed by atoms with Gasteiger partial charge < -0.3 is 10.0 Å². The quantitative estimate of drug-likeness (QED) is 0.569. The standard InChI is InChI=1S/C17H24F3N2OP.2C2H6/c1-5-11(3)16(15-14(24)7-13(10-23)8-21-15)22(6-2)9-12(4)17(18,19)20;2*1-2/h7-9,23H,5-6,10,24H2,1-4H3;2*1-2H3/b12-9+,16-11?;;. The molecule has 1 N–H and O–H groups in total. The monoisotopic (exact) mass is 420 g/mol. The molecule has 1 rings (SSSR count). The van der Waals surface area contributed by atoms with Crippen LogP contribution in [-0.2, 0) is 6.61 Å². The van der Waals surface area contributed by atoms with Gasteiger partial charge in [0, 0.05) is 24.5 Å². The largest absolute Gasteiger partial charge is 0.413 e. The van der Waals surface area contributed by atoms with E-state index in [-0.39, 0.29) is 6.61 Å². The fraction of sp³-hybridized carbons (Fsp3) is 0.571. The number of aromatic nitrogens is 1. The van der Waals surface area contributed by atoms with Crippen LogP contribution in [0.5, 0.6) is 0 Å². The lowest BCUT2D eigenvalue weighted by molar-refractivity contribution is -0.0921. The molecule has 0 radical (unpaired) electrons. The Kier molecular flexibility index (Phi) is 15.0. The first-order valence-corrected chi connectivity index (χ1v) is 10.3. The van der Waals surface area contributed by atoms with E-state index in [1.807, 2.05) is 41.5 Å². The van der Waals surface area contributed by atoms with Crippen LogP contribution in [0.1, 0.15) is 73.1 Å². The summed E-state index contributed by atoms with van der Waals surface area (Å²) in [7, 11) is 2.54. The van der Waals surface area contributed by atoms with Gasteiger partial charge in [0.05, 0.1) is 18.0 Å². The first-order valence-electron chi connectivity index (χ1n) is 9.73. The van der Waals surface area contributed by atoms with Crippen LogP contribution in [0.4, 0.5) is 13.2 Å². The molecule has 1 heterocycles. The van der Waals surface area contributed by atoms with Gasteiger partial charge in [-0.3, -0.25) is 4.98 Å². The molecule has 1 aromatic rings. The highest BCUT2D eigenvalue weighted by molar-refractivity contribution is 7.27. The van der Waals surface area contributed by atoms with Crippen molar-refractivity contribution < 1.29 is 18.3 Å². The van der Waals surface area contributed by atoms with E-state index in [1.54, 1.807) is 24.1 Å². The van der Waals surface area contributed by atoms with E-state index in [0.29, 0.717) is 29.9 Å². The lowest BCUT2D eigenvalue weighted by Crippen LogP contribution is -2.23. The Morgan fingerprint density at radius 3 is 2.07 bits per heavy atom. The minimum absolute atomic E-state index is 0.134. The summed E-state index contributed by atoms with van der Waals surface area (Å²) < 4.78 is 38.7. The maximum atomic E-state index is 12.9. The van der Waals surface area contributed by atoms with Crippen LogP contribution in [0.2, 0.25) is 0 Å². The van der Waals surface area contributed by atoms with Crippen LogP contribution in [0.15, 0.2) is 29.6 Å².